The van der Waals surface area contributed by atoms with Gasteiger partial charge in [-0.15, -0.1) is 0 Å². The average molecular weight is 471 g/mol. The van der Waals surface area contributed by atoms with Gasteiger partial charge >= 0.3 is 18.1 Å². The molecular formula is C21H24F3N3O6. The molecule has 1 aromatic rings. The summed E-state index contributed by atoms with van der Waals surface area (Å²) in [6, 6.07) is 5.14. The van der Waals surface area contributed by atoms with Crippen LogP contribution in [0.25, 0.3) is 0 Å². The van der Waals surface area contributed by atoms with Crippen LogP contribution < -0.4 is 10.6 Å². The van der Waals surface area contributed by atoms with Crippen LogP contribution in [0, 0.1) is 11.8 Å². The monoisotopic (exact) mass is 471 g/mol. The van der Waals surface area contributed by atoms with Gasteiger partial charge in [0, 0.05) is 25.6 Å². The van der Waals surface area contributed by atoms with E-state index >= 15 is 0 Å². The van der Waals surface area contributed by atoms with Gasteiger partial charge in [0.25, 0.3) is 5.91 Å². The molecule has 0 bridgehead atoms. The number of aliphatic carboxylic acids is 2. The molecule has 9 nitrogen and oxygen atoms in total. The fourth-order valence-electron chi connectivity index (χ4n) is 2.66. The maximum atomic E-state index is 12.8. The maximum Gasteiger partial charge on any atom is 0.490 e. The molecule has 0 radical (unpaired) electrons. The van der Waals surface area contributed by atoms with E-state index in [2.05, 4.69) is 11.8 Å². The lowest BCUT2D eigenvalue weighted by Gasteiger charge is -2.18. The summed E-state index contributed by atoms with van der Waals surface area (Å²) in [5, 5.41) is 16.0. The van der Waals surface area contributed by atoms with Gasteiger partial charge in [-0.1, -0.05) is 11.8 Å². The Kier molecular flexibility index (Phi) is 10.4. The van der Waals surface area contributed by atoms with Crippen LogP contribution in [0.5, 0.6) is 0 Å². The number of carboxylic acids is 2. The summed E-state index contributed by atoms with van der Waals surface area (Å²) >= 11 is 0. The number of halogens is 3. The zero-order valence-corrected chi connectivity index (χ0v) is 17.8. The van der Waals surface area contributed by atoms with Crippen LogP contribution in [-0.4, -0.2) is 71.7 Å². The predicted octanol–water partition coefficient (Wildman–Crippen LogP) is 1.69. The second kappa shape index (κ2) is 12.4. The van der Waals surface area contributed by atoms with E-state index in [4.69, 9.17) is 20.7 Å². The van der Waals surface area contributed by atoms with Gasteiger partial charge in [0.2, 0.25) is 5.91 Å². The largest absolute Gasteiger partial charge is 0.490 e. The van der Waals surface area contributed by atoms with Gasteiger partial charge in [0.15, 0.2) is 0 Å². The first-order valence-electron chi connectivity index (χ1n) is 9.79. The molecule has 2 amide bonds. The van der Waals surface area contributed by atoms with Crippen molar-refractivity contribution in [1.29, 1.82) is 0 Å². The Morgan fingerprint density at radius 1 is 1.18 bits per heavy atom. The maximum absolute atomic E-state index is 12.8. The summed E-state index contributed by atoms with van der Waals surface area (Å²) in [7, 11) is 1.60. The number of carbonyl (C=O) groups is 4. The number of nitrogens with two attached hydrogens (primary N) is 1. The zero-order chi connectivity index (χ0) is 25.2. The molecule has 33 heavy (non-hydrogen) atoms. The summed E-state index contributed by atoms with van der Waals surface area (Å²) < 4.78 is 31.7. The number of fused-ring (bicyclic) bond motifs is 1. The number of anilines is 1. The van der Waals surface area contributed by atoms with Crippen molar-refractivity contribution in [2.75, 3.05) is 31.6 Å². The van der Waals surface area contributed by atoms with Crippen molar-refractivity contribution < 1.29 is 42.6 Å². The van der Waals surface area contributed by atoms with Crippen LogP contribution in [0.3, 0.4) is 0 Å². The van der Waals surface area contributed by atoms with Crippen LogP contribution in [0.1, 0.15) is 41.6 Å². The quantitative estimate of drug-likeness (QED) is 0.424. The molecule has 2 rings (SSSR count). The highest BCUT2D eigenvalue weighted by Crippen LogP contribution is 2.26. The number of nitrogens with zero attached hydrogens (tertiary/aromatic N) is 2. The normalized spacial score (nSPS) is 13.2. The van der Waals surface area contributed by atoms with E-state index in [0.717, 1.165) is 19.3 Å². The van der Waals surface area contributed by atoms with Crippen LogP contribution in [0.15, 0.2) is 18.2 Å². The number of amides is 2. The van der Waals surface area contributed by atoms with E-state index < -0.39 is 18.1 Å². The third kappa shape index (κ3) is 8.82. The number of carboxylic acid groups (broad SMARTS) is 2. The van der Waals surface area contributed by atoms with Crippen LogP contribution >= 0.6 is 0 Å². The van der Waals surface area contributed by atoms with Crippen molar-refractivity contribution in [3.63, 3.8) is 0 Å². The number of benzene rings is 1. The molecule has 4 N–H and O–H groups in total. The first-order valence-corrected chi connectivity index (χ1v) is 9.79. The predicted molar refractivity (Wildman–Crippen MR) is 111 cm³/mol. The van der Waals surface area contributed by atoms with Gasteiger partial charge in [0.05, 0.1) is 17.7 Å². The Balaban J connectivity index is 0.000000675. The molecule has 0 spiro atoms. The molecule has 0 saturated heterocycles. The topological polar surface area (TPSA) is 141 Å². The number of rotatable bonds is 6. The number of carbonyl (C=O) groups excluding carboxylic acids is 2. The third-order valence-corrected chi connectivity index (χ3v) is 4.40. The highest BCUT2D eigenvalue weighted by molar-refractivity contribution is 6.09. The van der Waals surface area contributed by atoms with Crippen LogP contribution in [0.4, 0.5) is 18.9 Å². The summed E-state index contributed by atoms with van der Waals surface area (Å²) in [6.07, 6.45) is -2.72. The Morgan fingerprint density at radius 2 is 1.82 bits per heavy atom. The zero-order valence-electron chi connectivity index (χ0n) is 17.8. The molecule has 0 unspecified atom stereocenters. The summed E-state index contributed by atoms with van der Waals surface area (Å²) in [4.78, 5) is 47.5. The van der Waals surface area contributed by atoms with Gasteiger partial charge in [-0.3, -0.25) is 14.4 Å². The molecule has 1 aliphatic heterocycles. The molecule has 12 heteroatoms. The molecule has 0 saturated carbocycles. The van der Waals surface area contributed by atoms with Gasteiger partial charge in [0.1, 0.15) is 6.54 Å². The molecule has 0 aromatic heterocycles. The molecule has 1 aliphatic rings. The van der Waals surface area contributed by atoms with E-state index in [1.54, 1.807) is 25.2 Å². The summed E-state index contributed by atoms with van der Waals surface area (Å²) in [5.74, 6) is 1.70. The SMILES string of the molecule is CN1C(=O)CN(CCC(=O)O)C(=O)c2cc(C#CCCCCN)ccc21.O=C(O)C(F)(F)F. The lowest BCUT2D eigenvalue weighted by atomic mass is 10.1. The molecule has 0 atom stereocenters. The fourth-order valence-corrected chi connectivity index (χ4v) is 2.66. The lowest BCUT2D eigenvalue weighted by Crippen LogP contribution is -2.38. The average Bonchev–Trinajstić information content (AvgIpc) is 2.82. The van der Waals surface area contributed by atoms with Crippen molar-refractivity contribution in [2.24, 2.45) is 5.73 Å². The Morgan fingerprint density at radius 3 is 2.36 bits per heavy atom. The van der Waals surface area contributed by atoms with E-state index in [1.807, 2.05) is 0 Å². The second-order valence-electron chi connectivity index (χ2n) is 6.91. The van der Waals surface area contributed by atoms with Gasteiger partial charge in [-0.05, 0) is 37.6 Å². The number of alkyl halides is 3. The third-order valence-electron chi connectivity index (χ3n) is 4.40. The lowest BCUT2D eigenvalue weighted by molar-refractivity contribution is -0.192. The number of unbranched alkanes of at least 4 members (excludes halogenated alkanes) is 2. The van der Waals surface area contributed by atoms with E-state index in [1.165, 1.54) is 9.80 Å². The van der Waals surface area contributed by atoms with Crippen molar-refractivity contribution in [3.05, 3.63) is 29.3 Å². The Bertz CT molecular complexity index is 953. The minimum absolute atomic E-state index is 0.0117. The van der Waals surface area contributed by atoms with Crippen molar-refractivity contribution in [2.45, 2.75) is 31.9 Å². The molecule has 1 aromatic carbocycles. The van der Waals surface area contributed by atoms with Crippen LogP contribution in [0.2, 0.25) is 0 Å². The van der Waals surface area contributed by atoms with Crippen molar-refractivity contribution >= 4 is 29.4 Å². The van der Waals surface area contributed by atoms with Crippen LogP contribution in [-0.2, 0) is 14.4 Å². The standard InChI is InChI=1S/C19H23N3O4.C2HF3O2/c1-21-16-8-7-14(6-4-2-3-5-10-20)12-15(16)19(26)22(13-17(21)23)11-9-18(24)25;3-2(4,5)1(6)7/h7-8,12H,2-3,5,9-11,13,20H2,1H3,(H,24,25);(H,6,7). The highest BCUT2D eigenvalue weighted by Gasteiger charge is 2.38. The molecular weight excluding hydrogens is 447 g/mol. The van der Waals surface area contributed by atoms with E-state index in [9.17, 15) is 27.6 Å². The van der Waals surface area contributed by atoms with E-state index in [-0.39, 0.29) is 31.3 Å². The second-order valence-corrected chi connectivity index (χ2v) is 6.91. The first-order chi connectivity index (χ1) is 15.4. The molecule has 0 fully saturated rings. The van der Waals surface area contributed by atoms with Gasteiger partial charge in [-0.25, -0.2) is 4.79 Å². The number of likely N-dealkylation sites (N-methyl/N-ethyl adjacent to an activating group) is 1. The summed E-state index contributed by atoms with van der Waals surface area (Å²) in [6.45, 7) is 0.487. The molecule has 0 aliphatic carbocycles. The number of hydrogen-bond acceptors (Lipinski definition) is 5. The molecule has 1 heterocycles. The smallest absolute Gasteiger partial charge is 0.481 e. The molecule has 180 valence electrons. The van der Waals surface area contributed by atoms with Crippen molar-refractivity contribution in [3.8, 4) is 11.8 Å². The Hall–Kier alpha value is -3.59. The minimum Gasteiger partial charge on any atom is -0.481 e. The number of hydrogen-bond donors (Lipinski definition) is 3. The van der Waals surface area contributed by atoms with Gasteiger partial charge in [-0.2, -0.15) is 13.2 Å². The van der Waals surface area contributed by atoms with Gasteiger partial charge < -0.3 is 25.7 Å². The van der Waals surface area contributed by atoms with E-state index in [0.29, 0.717) is 23.4 Å². The summed E-state index contributed by atoms with van der Waals surface area (Å²) in [5.41, 5.74) is 7.00. The first kappa shape index (κ1) is 27.4. The highest BCUT2D eigenvalue weighted by atomic mass is 19.4. The Labute approximate surface area is 187 Å². The fraction of sp³-hybridized carbons (Fsp3) is 0.429. The minimum atomic E-state index is -5.08. The van der Waals surface area contributed by atoms with Crippen molar-refractivity contribution in [1.82, 2.24) is 4.90 Å².